The predicted octanol–water partition coefficient (Wildman–Crippen LogP) is 4.06. The summed E-state index contributed by atoms with van der Waals surface area (Å²) in [6.45, 7) is 1.86. The molecule has 0 spiro atoms. The molecule has 156 valence electrons. The lowest BCUT2D eigenvalue weighted by Gasteiger charge is -2.15. The number of nitrogens with zero attached hydrogens (tertiary/aromatic N) is 5. The molecule has 0 aliphatic heterocycles. The number of fused-ring (bicyclic) bond motifs is 1. The van der Waals surface area contributed by atoms with Crippen LogP contribution in [0.25, 0.3) is 22.3 Å². The highest BCUT2D eigenvalue weighted by Gasteiger charge is 2.31. The maximum absolute atomic E-state index is 13.1. The van der Waals surface area contributed by atoms with E-state index in [1.54, 1.807) is 18.3 Å². The van der Waals surface area contributed by atoms with Crippen LogP contribution in [0.4, 0.5) is 24.9 Å². The number of pyridine rings is 2. The minimum atomic E-state index is -4.55. The van der Waals surface area contributed by atoms with Crippen LogP contribution in [-0.2, 0) is 6.18 Å². The number of hydrogen-bond acceptors (Lipinski definition) is 7. The second-order valence-electron chi connectivity index (χ2n) is 6.77. The smallest absolute Gasteiger partial charge is 0.384 e. The summed E-state index contributed by atoms with van der Waals surface area (Å²) in [7, 11) is 0. The Morgan fingerprint density at radius 2 is 1.97 bits per heavy atom. The molecule has 0 saturated carbocycles. The topological polar surface area (TPSA) is 129 Å². The summed E-state index contributed by atoms with van der Waals surface area (Å²) in [5, 5.41) is 12.8. The minimum Gasteiger partial charge on any atom is -0.384 e. The minimum absolute atomic E-state index is 0.116. The van der Waals surface area contributed by atoms with Crippen molar-refractivity contribution >= 4 is 22.8 Å². The molecular weight excluding hydrogens is 409 g/mol. The summed E-state index contributed by atoms with van der Waals surface area (Å²) < 4.78 is 39.4. The van der Waals surface area contributed by atoms with Gasteiger partial charge in [-0.2, -0.15) is 18.4 Å². The van der Waals surface area contributed by atoms with Gasteiger partial charge in [0.15, 0.2) is 0 Å². The van der Waals surface area contributed by atoms with Gasteiger partial charge in [0.05, 0.1) is 29.1 Å². The van der Waals surface area contributed by atoms with Crippen LogP contribution in [0.2, 0.25) is 0 Å². The van der Waals surface area contributed by atoms with E-state index < -0.39 is 11.7 Å². The molecule has 31 heavy (non-hydrogen) atoms. The Bertz CT molecular complexity index is 1290. The molecule has 0 saturated heterocycles. The lowest BCUT2D eigenvalue weighted by molar-refractivity contribution is -0.137. The number of halogens is 3. The number of alkyl halides is 3. The van der Waals surface area contributed by atoms with Crippen LogP contribution in [0.15, 0.2) is 43.0 Å². The average molecular weight is 424 g/mol. The van der Waals surface area contributed by atoms with Crippen LogP contribution in [0.5, 0.6) is 0 Å². The van der Waals surface area contributed by atoms with Gasteiger partial charge in [0.2, 0.25) is 5.95 Å². The Morgan fingerprint density at radius 3 is 2.65 bits per heavy atom. The van der Waals surface area contributed by atoms with Gasteiger partial charge in [-0.25, -0.2) is 19.9 Å². The first-order valence-corrected chi connectivity index (χ1v) is 9.06. The van der Waals surface area contributed by atoms with Crippen LogP contribution >= 0.6 is 0 Å². The molecule has 4 heterocycles. The van der Waals surface area contributed by atoms with E-state index in [0.29, 0.717) is 11.4 Å². The van der Waals surface area contributed by atoms with E-state index in [9.17, 15) is 18.4 Å². The quantitative estimate of drug-likeness (QED) is 0.450. The summed E-state index contributed by atoms with van der Waals surface area (Å²) in [6, 6.07) is 6.18. The van der Waals surface area contributed by atoms with Gasteiger partial charge in [-0.3, -0.25) is 0 Å². The van der Waals surface area contributed by atoms with Crippen molar-refractivity contribution in [3.8, 4) is 17.3 Å². The van der Waals surface area contributed by atoms with Crippen LogP contribution < -0.4 is 11.1 Å². The zero-order chi connectivity index (χ0) is 22.2. The Kier molecular flexibility index (Phi) is 4.90. The number of rotatable bonds is 4. The van der Waals surface area contributed by atoms with E-state index in [1.165, 1.54) is 12.4 Å². The third-order valence-electron chi connectivity index (χ3n) is 4.68. The van der Waals surface area contributed by atoms with Crippen molar-refractivity contribution < 1.29 is 13.2 Å². The monoisotopic (exact) mass is 424 g/mol. The van der Waals surface area contributed by atoms with Gasteiger partial charge in [0, 0.05) is 29.5 Å². The number of nitrogens with one attached hydrogen (secondary N) is 2. The lowest BCUT2D eigenvalue weighted by Crippen LogP contribution is -2.11. The first-order valence-electron chi connectivity index (χ1n) is 9.06. The summed E-state index contributed by atoms with van der Waals surface area (Å²) >= 11 is 0. The standard InChI is InChI=1S/C20H15F3N8/c1-10(11-2-3-16(25)26-6-11)30-19-29-7-12(5-24)17(31-19)15-9-28-18-14(15)4-13(8-27-18)20(21,22)23/h2-4,6-10H,1H3,(H2,25,26)(H,27,28)(H,29,30,31). The van der Waals surface area contributed by atoms with Gasteiger partial charge in [-0.15, -0.1) is 0 Å². The van der Waals surface area contributed by atoms with Crippen molar-refractivity contribution in [1.82, 2.24) is 24.9 Å². The van der Waals surface area contributed by atoms with Crippen molar-refractivity contribution in [2.75, 3.05) is 11.1 Å². The van der Waals surface area contributed by atoms with Crippen molar-refractivity contribution in [2.45, 2.75) is 19.1 Å². The number of aromatic nitrogens is 5. The van der Waals surface area contributed by atoms with E-state index in [2.05, 4.69) is 30.2 Å². The highest BCUT2D eigenvalue weighted by atomic mass is 19.4. The van der Waals surface area contributed by atoms with E-state index in [0.717, 1.165) is 17.8 Å². The molecule has 4 aromatic heterocycles. The van der Waals surface area contributed by atoms with Gasteiger partial charge in [-0.1, -0.05) is 6.07 Å². The number of nitrogen functional groups attached to an aromatic ring is 1. The summed E-state index contributed by atoms with van der Waals surface area (Å²) in [5.41, 5.74) is 6.41. The lowest BCUT2D eigenvalue weighted by atomic mass is 10.1. The van der Waals surface area contributed by atoms with Crippen molar-refractivity contribution in [3.05, 3.63) is 59.7 Å². The third-order valence-corrected chi connectivity index (χ3v) is 4.68. The normalized spacial score (nSPS) is 12.5. The summed E-state index contributed by atoms with van der Waals surface area (Å²) in [4.78, 5) is 19.2. The number of hydrogen-bond donors (Lipinski definition) is 3. The fraction of sp³-hybridized carbons (Fsp3) is 0.150. The largest absolute Gasteiger partial charge is 0.417 e. The molecule has 0 aromatic carbocycles. The maximum atomic E-state index is 13.1. The molecule has 0 amide bonds. The zero-order valence-corrected chi connectivity index (χ0v) is 16.1. The van der Waals surface area contributed by atoms with Crippen LogP contribution in [-0.4, -0.2) is 24.9 Å². The fourth-order valence-corrected chi connectivity index (χ4v) is 3.04. The van der Waals surface area contributed by atoms with E-state index >= 15 is 0 Å². The maximum Gasteiger partial charge on any atom is 0.417 e. The van der Waals surface area contributed by atoms with Gasteiger partial charge < -0.3 is 16.0 Å². The van der Waals surface area contributed by atoms with Crippen molar-refractivity contribution in [2.24, 2.45) is 0 Å². The van der Waals surface area contributed by atoms with E-state index in [1.807, 2.05) is 13.0 Å². The Hall–Kier alpha value is -4.20. The molecule has 0 aliphatic rings. The predicted molar refractivity (Wildman–Crippen MR) is 108 cm³/mol. The number of nitrogens with two attached hydrogens (primary N) is 1. The Labute approximate surface area is 174 Å². The Balaban J connectivity index is 1.75. The second-order valence-corrected chi connectivity index (χ2v) is 6.77. The van der Waals surface area contributed by atoms with Crippen LogP contribution in [0.1, 0.15) is 29.7 Å². The summed E-state index contributed by atoms with van der Waals surface area (Å²) in [5.74, 6) is 0.589. The molecule has 1 atom stereocenters. The molecule has 4 N–H and O–H groups in total. The highest BCUT2D eigenvalue weighted by molar-refractivity contribution is 5.94. The first-order chi connectivity index (χ1) is 14.8. The molecule has 0 aliphatic carbocycles. The van der Waals surface area contributed by atoms with Crippen molar-refractivity contribution in [1.29, 1.82) is 5.26 Å². The molecule has 0 bridgehead atoms. The van der Waals surface area contributed by atoms with Gasteiger partial charge >= 0.3 is 6.18 Å². The fourth-order valence-electron chi connectivity index (χ4n) is 3.04. The molecule has 0 fully saturated rings. The first kappa shape index (κ1) is 20.1. The second kappa shape index (κ2) is 7.56. The Morgan fingerprint density at radius 1 is 1.16 bits per heavy atom. The molecular formula is C20H15F3N8. The van der Waals surface area contributed by atoms with E-state index in [-0.39, 0.29) is 34.3 Å². The molecule has 4 rings (SSSR count). The van der Waals surface area contributed by atoms with Crippen molar-refractivity contribution in [3.63, 3.8) is 0 Å². The van der Waals surface area contributed by atoms with Gasteiger partial charge in [0.1, 0.15) is 17.5 Å². The number of nitriles is 1. The molecule has 4 aromatic rings. The molecule has 8 nitrogen and oxygen atoms in total. The van der Waals surface area contributed by atoms with Gasteiger partial charge in [-0.05, 0) is 24.6 Å². The van der Waals surface area contributed by atoms with E-state index in [4.69, 9.17) is 5.73 Å². The SMILES string of the molecule is CC(Nc1ncc(C#N)c(-c2c[nH]c3ncc(C(F)(F)F)cc23)n1)c1ccc(N)nc1. The average Bonchev–Trinajstić information content (AvgIpc) is 3.16. The highest BCUT2D eigenvalue weighted by Crippen LogP contribution is 2.34. The zero-order valence-electron chi connectivity index (χ0n) is 16.1. The molecule has 0 radical (unpaired) electrons. The number of aromatic amines is 1. The number of H-pyrrole nitrogens is 1. The summed E-state index contributed by atoms with van der Waals surface area (Å²) in [6.07, 6.45) is 0.607. The third kappa shape index (κ3) is 3.95. The number of anilines is 2. The van der Waals surface area contributed by atoms with Crippen LogP contribution in [0.3, 0.4) is 0 Å². The molecule has 1 unspecified atom stereocenters. The van der Waals surface area contributed by atoms with Crippen LogP contribution in [0, 0.1) is 11.3 Å². The van der Waals surface area contributed by atoms with Gasteiger partial charge in [0.25, 0.3) is 0 Å². The molecule has 11 heteroatoms.